The monoisotopic (exact) mass is 231 g/mol. The Balaban J connectivity index is 2.13. The Kier molecular flexibility index (Phi) is 3.54. The number of benzene rings is 1. The van der Waals surface area contributed by atoms with E-state index >= 15 is 0 Å². The highest BCUT2D eigenvalue weighted by atomic mass is 16.3. The van der Waals surface area contributed by atoms with Crippen LogP contribution in [0.15, 0.2) is 24.4 Å². The normalized spacial score (nSPS) is 10.8. The minimum Gasteiger partial charge on any atom is -0.396 e. The standard InChI is InChI=1S/C13H17N3O/c1-10-5-11(2)7-12(6-10)8-16-9-13(3-4-17)14-15-16/h5-7,9,17H,3-4,8H2,1-2H3. The zero-order chi connectivity index (χ0) is 12.3. The molecule has 2 aromatic rings. The summed E-state index contributed by atoms with van der Waals surface area (Å²) in [6.07, 6.45) is 2.45. The first-order chi connectivity index (χ1) is 8.17. The van der Waals surface area contributed by atoms with Crippen molar-refractivity contribution in [3.63, 3.8) is 0 Å². The maximum absolute atomic E-state index is 8.81. The summed E-state index contributed by atoms with van der Waals surface area (Å²) in [5, 5.41) is 16.9. The van der Waals surface area contributed by atoms with Crippen LogP contribution in [0.5, 0.6) is 0 Å². The Morgan fingerprint density at radius 1 is 1.18 bits per heavy atom. The van der Waals surface area contributed by atoms with E-state index in [9.17, 15) is 0 Å². The van der Waals surface area contributed by atoms with Gasteiger partial charge in [0.15, 0.2) is 0 Å². The van der Waals surface area contributed by atoms with Gasteiger partial charge in [-0.15, -0.1) is 5.10 Å². The molecule has 0 bridgehead atoms. The van der Waals surface area contributed by atoms with Crippen molar-refractivity contribution in [2.45, 2.75) is 26.8 Å². The molecule has 90 valence electrons. The van der Waals surface area contributed by atoms with Gasteiger partial charge in [0.05, 0.1) is 12.2 Å². The molecule has 17 heavy (non-hydrogen) atoms. The summed E-state index contributed by atoms with van der Waals surface area (Å²) in [6.45, 7) is 5.02. The lowest BCUT2D eigenvalue weighted by molar-refractivity contribution is 0.298. The van der Waals surface area contributed by atoms with Gasteiger partial charge < -0.3 is 5.11 Å². The van der Waals surface area contributed by atoms with Gasteiger partial charge in [0, 0.05) is 19.2 Å². The molecule has 0 amide bonds. The van der Waals surface area contributed by atoms with E-state index in [1.165, 1.54) is 16.7 Å². The lowest BCUT2D eigenvalue weighted by Gasteiger charge is -2.04. The molecular weight excluding hydrogens is 214 g/mol. The summed E-state index contributed by atoms with van der Waals surface area (Å²) in [4.78, 5) is 0. The average molecular weight is 231 g/mol. The van der Waals surface area contributed by atoms with Crippen molar-refractivity contribution in [3.8, 4) is 0 Å². The number of aliphatic hydroxyl groups excluding tert-OH is 1. The molecule has 0 saturated carbocycles. The van der Waals surface area contributed by atoms with Crippen molar-refractivity contribution in [1.29, 1.82) is 0 Å². The van der Waals surface area contributed by atoms with Crippen LogP contribution in [-0.2, 0) is 13.0 Å². The van der Waals surface area contributed by atoms with Crippen LogP contribution in [0.4, 0.5) is 0 Å². The van der Waals surface area contributed by atoms with Gasteiger partial charge >= 0.3 is 0 Å². The Morgan fingerprint density at radius 2 is 1.88 bits per heavy atom. The number of aromatic nitrogens is 3. The molecule has 0 saturated heterocycles. The van der Waals surface area contributed by atoms with Gasteiger partial charge in [-0.3, -0.25) is 0 Å². The van der Waals surface area contributed by atoms with Crippen LogP contribution in [-0.4, -0.2) is 26.7 Å². The van der Waals surface area contributed by atoms with Gasteiger partial charge in [-0.05, 0) is 19.4 Å². The van der Waals surface area contributed by atoms with E-state index in [4.69, 9.17) is 5.11 Å². The van der Waals surface area contributed by atoms with Crippen LogP contribution < -0.4 is 0 Å². The first-order valence-corrected chi connectivity index (χ1v) is 5.74. The number of aliphatic hydroxyl groups is 1. The van der Waals surface area contributed by atoms with Crippen LogP contribution in [0.2, 0.25) is 0 Å². The molecule has 1 N–H and O–H groups in total. The molecule has 0 aliphatic heterocycles. The summed E-state index contributed by atoms with van der Waals surface area (Å²) >= 11 is 0. The van der Waals surface area contributed by atoms with E-state index in [0.717, 1.165) is 12.2 Å². The molecule has 0 aliphatic carbocycles. The maximum Gasteiger partial charge on any atom is 0.0850 e. The number of aryl methyl sites for hydroxylation is 2. The molecule has 1 aromatic carbocycles. The van der Waals surface area contributed by atoms with E-state index in [1.54, 1.807) is 4.68 Å². The van der Waals surface area contributed by atoms with Crippen molar-refractivity contribution in [2.24, 2.45) is 0 Å². The number of nitrogens with zero attached hydrogens (tertiary/aromatic N) is 3. The Morgan fingerprint density at radius 3 is 2.53 bits per heavy atom. The lowest BCUT2D eigenvalue weighted by Crippen LogP contribution is -2.01. The Labute approximate surface area is 101 Å². The molecule has 2 rings (SSSR count). The van der Waals surface area contributed by atoms with Crippen LogP contribution in [0, 0.1) is 13.8 Å². The Hall–Kier alpha value is -1.68. The molecule has 0 radical (unpaired) electrons. The van der Waals surface area contributed by atoms with Crippen LogP contribution in [0.3, 0.4) is 0 Å². The van der Waals surface area contributed by atoms with Crippen molar-refractivity contribution in [1.82, 2.24) is 15.0 Å². The van der Waals surface area contributed by atoms with Crippen molar-refractivity contribution < 1.29 is 5.11 Å². The van der Waals surface area contributed by atoms with Gasteiger partial charge in [0.2, 0.25) is 0 Å². The molecule has 0 fully saturated rings. The van der Waals surface area contributed by atoms with E-state index in [1.807, 2.05) is 6.20 Å². The molecule has 0 spiro atoms. The zero-order valence-electron chi connectivity index (χ0n) is 10.2. The predicted octanol–water partition coefficient (Wildman–Crippen LogP) is 1.48. The van der Waals surface area contributed by atoms with Gasteiger partial charge in [-0.25, -0.2) is 4.68 Å². The molecular formula is C13H17N3O. The van der Waals surface area contributed by atoms with Crippen LogP contribution in [0.1, 0.15) is 22.4 Å². The largest absolute Gasteiger partial charge is 0.396 e. The molecule has 4 heteroatoms. The quantitative estimate of drug-likeness (QED) is 0.867. The summed E-state index contributed by atoms with van der Waals surface area (Å²) in [7, 11) is 0. The third kappa shape index (κ3) is 3.14. The predicted molar refractivity (Wildman–Crippen MR) is 65.8 cm³/mol. The number of hydrogen-bond donors (Lipinski definition) is 1. The number of rotatable bonds is 4. The first kappa shape index (κ1) is 11.8. The average Bonchev–Trinajstić information content (AvgIpc) is 2.64. The smallest absolute Gasteiger partial charge is 0.0850 e. The molecule has 1 aromatic heterocycles. The maximum atomic E-state index is 8.81. The minimum absolute atomic E-state index is 0.113. The van der Waals surface area contributed by atoms with E-state index in [-0.39, 0.29) is 6.61 Å². The molecule has 1 heterocycles. The van der Waals surface area contributed by atoms with Gasteiger partial charge in [-0.2, -0.15) is 0 Å². The Bertz CT molecular complexity index is 485. The summed E-state index contributed by atoms with van der Waals surface area (Å²) in [5.41, 5.74) is 4.58. The van der Waals surface area contributed by atoms with E-state index in [0.29, 0.717) is 6.42 Å². The first-order valence-electron chi connectivity index (χ1n) is 5.74. The highest BCUT2D eigenvalue weighted by Crippen LogP contribution is 2.10. The topological polar surface area (TPSA) is 50.9 Å². The van der Waals surface area contributed by atoms with Gasteiger partial charge in [0.1, 0.15) is 0 Å². The van der Waals surface area contributed by atoms with Crippen molar-refractivity contribution >= 4 is 0 Å². The molecule has 0 atom stereocenters. The minimum atomic E-state index is 0.113. The number of hydrogen-bond acceptors (Lipinski definition) is 3. The highest BCUT2D eigenvalue weighted by molar-refractivity contribution is 5.28. The van der Waals surface area contributed by atoms with Gasteiger partial charge in [-0.1, -0.05) is 34.5 Å². The molecule has 4 nitrogen and oxygen atoms in total. The summed E-state index contributed by atoms with van der Waals surface area (Å²) in [6, 6.07) is 6.46. The third-order valence-corrected chi connectivity index (χ3v) is 2.58. The molecule has 0 unspecified atom stereocenters. The summed E-state index contributed by atoms with van der Waals surface area (Å²) < 4.78 is 1.80. The SMILES string of the molecule is Cc1cc(C)cc(Cn2cc(CCO)nn2)c1. The second kappa shape index (κ2) is 5.10. The van der Waals surface area contributed by atoms with Crippen LogP contribution >= 0.6 is 0 Å². The molecule has 0 aliphatic rings. The van der Waals surface area contributed by atoms with E-state index in [2.05, 4.69) is 42.4 Å². The lowest BCUT2D eigenvalue weighted by atomic mass is 10.1. The fourth-order valence-electron chi connectivity index (χ4n) is 1.99. The fourth-order valence-corrected chi connectivity index (χ4v) is 1.99. The highest BCUT2D eigenvalue weighted by Gasteiger charge is 2.02. The third-order valence-electron chi connectivity index (χ3n) is 2.58. The zero-order valence-corrected chi connectivity index (χ0v) is 10.2. The van der Waals surface area contributed by atoms with Crippen molar-refractivity contribution in [2.75, 3.05) is 6.61 Å². The van der Waals surface area contributed by atoms with Crippen LogP contribution in [0.25, 0.3) is 0 Å². The van der Waals surface area contributed by atoms with Gasteiger partial charge in [0.25, 0.3) is 0 Å². The summed E-state index contributed by atoms with van der Waals surface area (Å²) in [5.74, 6) is 0. The fraction of sp³-hybridized carbons (Fsp3) is 0.385. The second-order valence-corrected chi connectivity index (χ2v) is 4.38. The van der Waals surface area contributed by atoms with E-state index < -0.39 is 0 Å². The van der Waals surface area contributed by atoms with Crippen molar-refractivity contribution in [3.05, 3.63) is 46.8 Å². The second-order valence-electron chi connectivity index (χ2n) is 4.38.